The summed E-state index contributed by atoms with van der Waals surface area (Å²) in [6, 6.07) is 12.6. The number of benzene rings is 2. The monoisotopic (exact) mass is 555 g/mol. The summed E-state index contributed by atoms with van der Waals surface area (Å²) < 4.78 is 40.5. The van der Waals surface area contributed by atoms with E-state index >= 15 is 0 Å². The Kier molecular flexibility index (Phi) is 8.95. The van der Waals surface area contributed by atoms with E-state index in [0.717, 1.165) is 37.1 Å². The third-order valence-corrected chi connectivity index (χ3v) is 9.49. The van der Waals surface area contributed by atoms with E-state index in [-0.39, 0.29) is 4.90 Å². The summed E-state index contributed by atoms with van der Waals surface area (Å²) in [5.74, 6) is 1.14. The molecule has 37 heavy (non-hydrogen) atoms. The highest BCUT2D eigenvalue weighted by atomic mass is 32.2. The van der Waals surface area contributed by atoms with Crippen LogP contribution in [0.3, 0.4) is 0 Å². The van der Waals surface area contributed by atoms with Crippen LogP contribution in [-0.2, 0) is 21.4 Å². The van der Waals surface area contributed by atoms with Crippen molar-refractivity contribution in [2.24, 2.45) is 0 Å². The van der Waals surface area contributed by atoms with Gasteiger partial charge in [0, 0.05) is 23.5 Å². The van der Waals surface area contributed by atoms with Crippen LogP contribution < -0.4 is 4.57 Å². The molecule has 0 spiro atoms. The van der Waals surface area contributed by atoms with Crippen molar-refractivity contribution >= 4 is 49.5 Å². The van der Waals surface area contributed by atoms with Crippen molar-refractivity contribution < 1.29 is 22.3 Å². The number of rotatable bonds is 5. The Labute approximate surface area is 228 Å². The SMILES string of the molecule is CC[n+]1c(C=C2CCC3=C(C2)CC(OC)=CC3)sc2ccc(SC)cc21.Cc1ccc(S(=O)(=O)[O-])cc1. The second kappa shape index (κ2) is 12.0. The van der Waals surface area contributed by atoms with Gasteiger partial charge in [-0.05, 0) is 76.1 Å². The number of hydrogen-bond acceptors (Lipinski definition) is 6. The summed E-state index contributed by atoms with van der Waals surface area (Å²) in [6.07, 6.45) is 12.5. The smallest absolute Gasteiger partial charge is 0.262 e. The average Bonchev–Trinajstić information content (AvgIpc) is 3.24. The zero-order chi connectivity index (χ0) is 26.6. The molecule has 3 aromatic rings. The second-order valence-corrected chi connectivity index (χ2v) is 12.5. The molecule has 0 radical (unpaired) electrons. The number of hydrogen-bond donors (Lipinski definition) is 0. The van der Waals surface area contributed by atoms with E-state index in [9.17, 15) is 13.0 Å². The van der Waals surface area contributed by atoms with Gasteiger partial charge in [-0.1, -0.05) is 45.8 Å². The third-order valence-electron chi connectivity index (χ3n) is 6.81. The zero-order valence-corrected chi connectivity index (χ0v) is 24.2. The van der Waals surface area contributed by atoms with Crippen molar-refractivity contribution in [3.63, 3.8) is 0 Å². The van der Waals surface area contributed by atoms with E-state index in [2.05, 4.69) is 48.1 Å². The molecule has 196 valence electrons. The Morgan fingerprint density at radius 1 is 1.11 bits per heavy atom. The van der Waals surface area contributed by atoms with Gasteiger partial charge in [0.2, 0.25) is 5.52 Å². The molecule has 0 atom stereocenters. The second-order valence-electron chi connectivity index (χ2n) is 9.23. The highest BCUT2D eigenvalue weighted by Crippen LogP contribution is 2.39. The van der Waals surface area contributed by atoms with Gasteiger partial charge in [-0.25, -0.2) is 8.42 Å². The maximum Gasteiger partial charge on any atom is 0.262 e. The van der Waals surface area contributed by atoms with E-state index < -0.39 is 10.1 Å². The van der Waals surface area contributed by atoms with Gasteiger partial charge in [0.05, 0.1) is 17.8 Å². The minimum Gasteiger partial charge on any atom is -0.744 e. The predicted octanol–water partition coefficient (Wildman–Crippen LogP) is 7.02. The quantitative estimate of drug-likeness (QED) is 0.146. The molecule has 0 saturated heterocycles. The van der Waals surface area contributed by atoms with E-state index in [1.165, 1.54) is 45.1 Å². The summed E-state index contributed by atoms with van der Waals surface area (Å²) in [6.45, 7) is 5.08. The normalized spacial score (nSPS) is 16.8. The van der Waals surface area contributed by atoms with Crippen molar-refractivity contribution in [3.05, 3.63) is 81.6 Å². The summed E-state index contributed by atoms with van der Waals surface area (Å²) in [5.41, 5.74) is 7.11. The van der Waals surface area contributed by atoms with E-state index in [0.29, 0.717) is 0 Å². The lowest BCUT2D eigenvalue weighted by molar-refractivity contribution is -0.665. The van der Waals surface area contributed by atoms with Crippen LogP contribution in [0.4, 0.5) is 0 Å². The number of aromatic nitrogens is 1. The Bertz CT molecular complexity index is 1480. The summed E-state index contributed by atoms with van der Waals surface area (Å²) in [7, 11) is -2.48. The van der Waals surface area contributed by atoms with Crippen molar-refractivity contribution in [1.82, 2.24) is 0 Å². The van der Waals surface area contributed by atoms with Gasteiger partial charge in [-0.15, -0.1) is 11.8 Å². The zero-order valence-electron chi connectivity index (χ0n) is 21.7. The van der Waals surface area contributed by atoms with Gasteiger partial charge in [0.25, 0.3) is 5.01 Å². The number of aryl methyl sites for hydroxylation is 2. The van der Waals surface area contributed by atoms with Crippen LogP contribution in [0.5, 0.6) is 0 Å². The van der Waals surface area contributed by atoms with Crippen molar-refractivity contribution in [1.29, 1.82) is 0 Å². The molecule has 8 heteroatoms. The average molecular weight is 556 g/mol. The molecule has 0 bridgehead atoms. The van der Waals surface area contributed by atoms with E-state index in [1.807, 2.05) is 30.0 Å². The first-order valence-electron chi connectivity index (χ1n) is 12.4. The first-order valence-corrected chi connectivity index (χ1v) is 15.8. The van der Waals surface area contributed by atoms with Gasteiger partial charge < -0.3 is 9.29 Å². The molecule has 0 fully saturated rings. The lowest BCUT2D eigenvalue weighted by Gasteiger charge is -2.26. The molecule has 2 aliphatic rings. The van der Waals surface area contributed by atoms with Gasteiger partial charge in [0.15, 0.2) is 0 Å². The lowest BCUT2D eigenvalue weighted by Crippen LogP contribution is -2.33. The number of thioether (sulfide) groups is 1. The minimum absolute atomic E-state index is 0.178. The molecule has 5 rings (SSSR count). The fraction of sp³-hybridized carbons (Fsp3) is 0.345. The maximum atomic E-state index is 10.4. The van der Waals surface area contributed by atoms with Gasteiger partial charge in [0.1, 0.15) is 21.4 Å². The minimum atomic E-state index is -4.27. The predicted molar refractivity (Wildman–Crippen MR) is 152 cm³/mol. The first-order chi connectivity index (χ1) is 17.7. The number of thiazole rings is 1. The molecule has 0 aliphatic heterocycles. The first kappa shape index (κ1) is 27.6. The Morgan fingerprint density at radius 3 is 2.51 bits per heavy atom. The standard InChI is InChI=1S/C22H26NOS2.C7H8O3S/c1-4-23-20-14-19(25-3)9-10-21(20)26-22(23)12-15-5-6-16-7-8-18(24-2)13-17(16)11-15;1-6-2-4-7(5-3-6)11(8,9)10/h8-10,12,14H,4-7,11,13H2,1-3H3;2-5H,1H3,(H,8,9,10)/q+1;/p-1. The summed E-state index contributed by atoms with van der Waals surface area (Å²) in [4.78, 5) is 1.16. The third kappa shape index (κ3) is 6.74. The number of methoxy groups -OCH3 is 1. The Balaban J connectivity index is 0.000000245. The molecule has 2 aromatic carbocycles. The fourth-order valence-corrected chi connectivity index (χ4v) is 6.83. The molecule has 0 saturated carbocycles. The number of nitrogens with zero attached hydrogens (tertiary/aromatic N) is 1. The van der Waals surface area contributed by atoms with Crippen LogP contribution in [0.1, 0.15) is 49.6 Å². The number of fused-ring (bicyclic) bond motifs is 1. The van der Waals surface area contributed by atoms with Gasteiger partial charge in [-0.3, -0.25) is 0 Å². The molecule has 5 nitrogen and oxygen atoms in total. The molecule has 0 N–H and O–H groups in total. The lowest BCUT2D eigenvalue weighted by atomic mass is 9.82. The topological polar surface area (TPSA) is 70.3 Å². The molecule has 1 heterocycles. The molecule has 0 amide bonds. The number of allylic oxidation sites excluding steroid dienone is 4. The van der Waals surface area contributed by atoms with E-state index in [1.54, 1.807) is 36.0 Å². The van der Waals surface area contributed by atoms with Crippen LogP contribution in [-0.4, -0.2) is 26.3 Å². The van der Waals surface area contributed by atoms with Crippen molar-refractivity contribution in [3.8, 4) is 0 Å². The maximum absolute atomic E-state index is 10.4. The van der Waals surface area contributed by atoms with Crippen molar-refractivity contribution in [2.45, 2.75) is 62.3 Å². The van der Waals surface area contributed by atoms with Crippen LogP contribution >= 0.6 is 23.1 Å². The van der Waals surface area contributed by atoms with Gasteiger partial charge in [-0.2, -0.15) is 4.57 Å². The van der Waals surface area contributed by atoms with Crippen LogP contribution in [0, 0.1) is 6.92 Å². The van der Waals surface area contributed by atoms with E-state index in [4.69, 9.17) is 4.74 Å². The van der Waals surface area contributed by atoms with Crippen LogP contribution in [0.2, 0.25) is 0 Å². The van der Waals surface area contributed by atoms with Crippen LogP contribution in [0.15, 0.2) is 80.8 Å². The highest BCUT2D eigenvalue weighted by molar-refractivity contribution is 7.98. The van der Waals surface area contributed by atoms with Crippen molar-refractivity contribution in [2.75, 3.05) is 13.4 Å². The highest BCUT2D eigenvalue weighted by Gasteiger charge is 2.23. The number of ether oxygens (including phenoxy) is 1. The fourth-order valence-electron chi connectivity index (χ4n) is 4.73. The Hall–Kier alpha value is -2.39. The Morgan fingerprint density at radius 2 is 1.86 bits per heavy atom. The molecule has 0 unspecified atom stereocenters. The summed E-state index contributed by atoms with van der Waals surface area (Å²) in [5, 5.41) is 1.39. The largest absolute Gasteiger partial charge is 0.744 e. The molecule has 2 aliphatic carbocycles. The van der Waals surface area contributed by atoms with Gasteiger partial charge >= 0.3 is 0 Å². The molecule has 1 aromatic heterocycles. The molecular weight excluding hydrogens is 523 g/mol. The van der Waals surface area contributed by atoms with Crippen LogP contribution in [0.25, 0.3) is 16.3 Å². The molecular formula is C29H33NO4S3. The summed E-state index contributed by atoms with van der Waals surface area (Å²) >= 11 is 3.74.